The minimum atomic E-state index is -0.931. The molecule has 208 valence electrons. The van der Waals surface area contributed by atoms with E-state index >= 15 is 0 Å². The highest BCUT2D eigenvalue weighted by Crippen LogP contribution is 2.35. The maximum absolute atomic E-state index is 14.4. The van der Waals surface area contributed by atoms with Crippen molar-refractivity contribution in [2.45, 2.75) is 98.9 Å². The SMILES string of the molecule is CCC(C)(C)N(C(=O)C(NC(=O)OC(C)(C)C)C(C)C)C(C(=O)Nc1ccccc1C)c1ccccc1C. The number of anilines is 1. The van der Waals surface area contributed by atoms with Gasteiger partial charge in [-0.3, -0.25) is 9.59 Å². The van der Waals surface area contributed by atoms with Gasteiger partial charge in [0.15, 0.2) is 0 Å². The van der Waals surface area contributed by atoms with Crippen molar-refractivity contribution in [3.05, 3.63) is 65.2 Å². The quantitative estimate of drug-likeness (QED) is 0.390. The highest BCUT2D eigenvalue weighted by Gasteiger charge is 2.44. The van der Waals surface area contributed by atoms with E-state index in [-0.39, 0.29) is 17.7 Å². The summed E-state index contributed by atoms with van der Waals surface area (Å²) in [7, 11) is 0. The molecule has 7 nitrogen and oxygen atoms in total. The molecule has 2 aromatic rings. The van der Waals surface area contributed by atoms with Crippen molar-refractivity contribution in [3.63, 3.8) is 0 Å². The van der Waals surface area contributed by atoms with Crippen molar-refractivity contribution in [2.24, 2.45) is 5.92 Å². The fourth-order valence-corrected chi connectivity index (χ4v) is 4.25. The summed E-state index contributed by atoms with van der Waals surface area (Å²) in [6.45, 7) is 18.8. The van der Waals surface area contributed by atoms with Gasteiger partial charge in [-0.15, -0.1) is 0 Å². The van der Waals surface area contributed by atoms with Crippen LogP contribution in [0.15, 0.2) is 48.5 Å². The Morgan fingerprint density at radius 3 is 1.95 bits per heavy atom. The van der Waals surface area contributed by atoms with Crippen LogP contribution in [-0.4, -0.2) is 40.0 Å². The number of amides is 3. The molecule has 0 heterocycles. The minimum absolute atomic E-state index is 0.248. The van der Waals surface area contributed by atoms with Crippen LogP contribution in [0, 0.1) is 19.8 Å². The maximum Gasteiger partial charge on any atom is 0.408 e. The molecule has 0 radical (unpaired) electrons. The second-order valence-electron chi connectivity index (χ2n) is 11.8. The monoisotopic (exact) mass is 523 g/mol. The van der Waals surface area contributed by atoms with Crippen molar-refractivity contribution in [1.29, 1.82) is 0 Å². The summed E-state index contributed by atoms with van der Waals surface area (Å²) in [5.41, 5.74) is 1.80. The molecule has 2 atom stereocenters. The number of carbonyl (C=O) groups is 3. The molecule has 0 saturated heterocycles. The normalized spacial score (nSPS) is 13.4. The molecule has 7 heteroatoms. The topological polar surface area (TPSA) is 87.7 Å². The number of carbonyl (C=O) groups excluding carboxylic acids is 3. The first kappa shape index (κ1) is 30.9. The van der Waals surface area contributed by atoms with Crippen LogP contribution in [0.4, 0.5) is 10.5 Å². The van der Waals surface area contributed by atoms with E-state index in [0.717, 1.165) is 16.7 Å². The van der Waals surface area contributed by atoms with Gasteiger partial charge in [0, 0.05) is 11.2 Å². The van der Waals surface area contributed by atoms with Crippen LogP contribution in [0.3, 0.4) is 0 Å². The van der Waals surface area contributed by atoms with Crippen LogP contribution in [0.5, 0.6) is 0 Å². The number of benzene rings is 2. The molecule has 0 fully saturated rings. The molecule has 0 aliphatic heterocycles. The molecule has 38 heavy (non-hydrogen) atoms. The molecule has 0 aromatic heterocycles. The Morgan fingerprint density at radius 1 is 0.895 bits per heavy atom. The number of hydrogen-bond acceptors (Lipinski definition) is 4. The summed E-state index contributed by atoms with van der Waals surface area (Å²) >= 11 is 0. The summed E-state index contributed by atoms with van der Waals surface area (Å²) in [5.74, 6) is -0.906. The molecule has 2 aromatic carbocycles. The van der Waals surface area contributed by atoms with E-state index in [1.807, 2.05) is 97.0 Å². The van der Waals surface area contributed by atoms with E-state index in [0.29, 0.717) is 12.1 Å². The van der Waals surface area contributed by atoms with Crippen LogP contribution in [0.25, 0.3) is 0 Å². The lowest BCUT2D eigenvalue weighted by Crippen LogP contribution is -2.60. The second kappa shape index (κ2) is 12.5. The van der Waals surface area contributed by atoms with Crippen molar-refractivity contribution in [1.82, 2.24) is 10.2 Å². The van der Waals surface area contributed by atoms with Gasteiger partial charge in [-0.2, -0.15) is 0 Å². The van der Waals surface area contributed by atoms with E-state index in [2.05, 4.69) is 10.6 Å². The molecule has 0 aliphatic carbocycles. The first-order chi connectivity index (χ1) is 17.6. The smallest absolute Gasteiger partial charge is 0.408 e. The Morgan fingerprint density at radius 2 is 1.45 bits per heavy atom. The Labute approximate surface area is 228 Å². The first-order valence-corrected chi connectivity index (χ1v) is 13.3. The van der Waals surface area contributed by atoms with Gasteiger partial charge in [0.05, 0.1) is 0 Å². The molecular formula is C31H45N3O4. The van der Waals surface area contributed by atoms with Gasteiger partial charge in [0.2, 0.25) is 5.91 Å². The Hall–Kier alpha value is -3.35. The third kappa shape index (κ3) is 7.83. The van der Waals surface area contributed by atoms with Gasteiger partial charge < -0.3 is 20.3 Å². The average molecular weight is 524 g/mol. The summed E-state index contributed by atoms with van der Waals surface area (Å²) < 4.78 is 5.46. The average Bonchev–Trinajstić information content (AvgIpc) is 2.81. The van der Waals surface area contributed by atoms with E-state index < -0.39 is 29.3 Å². The molecule has 0 aliphatic rings. The number of hydrogen-bond donors (Lipinski definition) is 2. The largest absolute Gasteiger partial charge is 0.444 e. The highest BCUT2D eigenvalue weighted by molar-refractivity contribution is 6.00. The summed E-state index contributed by atoms with van der Waals surface area (Å²) in [5, 5.41) is 5.85. The van der Waals surface area contributed by atoms with E-state index in [1.54, 1.807) is 25.7 Å². The number of para-hydroxylation sites is 1. The summed E-state index contributed by atoms with van der Waals surface area (Å²) in [6.07, 6.45) is -0.0775. The maximum atomic E-state index is 14.4. The fourth-order valence-electron chi connectivity index (χ4n) is 4.25. The van der Waals surface area contributed by atoms with Gasteiger partial charge in [0.1, 0.15) is 17.7 Å². The predicted molar refractivity (Wildman–Crippen MR) is 153 cm³/mol. The zero-order chi connectivity index (χ0) is 28.8. The van der Waals surface area contributed by atoms with E-state index in [4.69, 9.17) is 4.74 Å². The number of alkyl carbamates (subject to hydrolysis) is 1. The predicted octanol–water partition coefficient (Wildman–Crippen LogP) is 6.55. The third-order valence-corrected chi connectivity index (χ3v) is 6.75. The molecule has 0 saturated carbocycles. The standard InChI is InChI=1S/C31H45N3O4/c1-11-31(9,10)34(28(36)25(20(2)3)33-29(37)38-30(6,7)8)26(23-18-14-12-16-21(23)4)27(35)32-24-19-15-13-17-22(24)5/h12-20,25-26H,11H2,1-10H3,(H,32,35)(H,33,37). The van der Waals surface area contributed by atoms with Crippen molar-refractivity contribution in [2.75, 3.05) is 5.32 Å². The van der Waals surface area contributed by atoms with Crippen molar-refractivity contribution >= 4 is 23.6 Å². The molecule has 2 rings (SSSR count). The lowest BCUT2D eigenvalue weighted by atomic mass is 9.89. The van der Waals surface area contributed by atoms with Crippen molar-refractivity contribution < 1.29 is 19.1 Å². The Bertz CT molecular complexity index is 1130. The molecule has 3 amide bonds. The van der Waals surface area contributed by atoms with Crippen molar-refractivity contribution in [3.8, 4) is 0 Å². The Balaban J connectivity index is 2.65. The van der Waals surface area contributed by atoms with Gasteiger partial charge in [0.25, 0.3) is 5.91 Å². The minimum Gasteiger partial charge on any atom is -0.444 e. The lowest BCUT2D eigenvalue weighted by Gasteiger charge is -2.45. The van der Waals surface area contributed by atoms with Crippen LogP contribution in [-0.2, 0) is 14.3 Å². The zero-order valence-corrected chi connectivity index (χ0v) is 24.6. The lowest BCUT2D eigenvalue weighted by molar-refractivity contribution is -0.148. The molecule has 0 bridgehead atoms. The molecular weight excluding hydrogens is 478 g/mol. The summed E-state index contributed by atoms with van der Waals surface area (Å²) in [6, 6.07) is 13.3. The molecule has 2 N–H and O–H groups in total. The van der Waals surface area contributed by atoms with E-state index in [9.17, 15) is 14.4 Å². The van der Waals surface area contributed by atoms with E-state index in [1.165, 1.54) is 0 Å². The van der Waals surface area contributed by atoms with Gasteiger partial charge in [-0.1, -0.05) is 63.2 Å². The summed E-state index contributed by atoms with van der Waals surface area (Å²) in [4.78, 5) is 42.9. The van der Waals surface area contributed by atoms with Gasteiger partial charge >= 0.3 is 6.09 Å². The molecule has 2 unspecified atom stereocenters. The van der Waals surface area contributed by atoms with Crippen LogP contribution in [0.1, 0.15) is 84.5 Å². The molecule has 0 spiro atoms. The Kier molecular flexibility index (Phi) is 10.1. The van der Waals surface area contributed by atoms with Crippen LogP contribution >= 0.6 is 0 Å². The number of ether oxygens (including phenoxy) is 1. The van der Waals surface area contributed by atoms with Gasteiger partial charge in [-0.05, 0) is 83.6 Å². The fraction of sp³-hybridized carbons (Fsp3) is 0.516. The number of aryl methyl sites for hydroxylation is 2. The third-order valence-electron chi connectivity index (χ3n) is 6.75. The number of nitrogens with zero attached hydrogens (tertiary/aromatic N) is 1. The van der Waals surface area contributed by atoms with Crippen LogP contribution in [0.2, 0.25) is 0 Å². The second-order valence-corrected chi connectivity index (χ2v) is 11.8. The number of nitrogens with one attached hydrogen (secondary N) is 2. The highest BCUT2D eigenvalue weighted by atomic mass is 16.6. The van der Waals surface area contributed by atoms with Crippen LogP contribution < -0.4 is 10.6 Å². The number of rotatable bonds is 9. The first-order valence-electron chi connectivity index (χ1n) is 13.3. The zero-order valence-electron chi connectivity index (χ0n) is 24.6. The van der Waals surface area contributed by atoms with Gasteiger partial charge in [-0.25, -0.2) is 4.79 Å².